The molecule has 2 rings (SSSR count). The first-order valence-electron chi connectivity index (χ1n) is 5.67. The van der Waals surface area contributed by atoms with Gasteiger partial charge in [-0.2, -0.15) is 13.2 Å². The number of alkyl halides is 3. The zero-order valence-corrected chi connectivity index (χ0v) is 11.1. The van der Waals surface area contributed by atoms with Crippen LogP contribution in [-0.4, -0.2) is 15.0 Å². The summed E-state index contributed by atoms with van der Waals surface area (Å²) in [4.78, 5) is 10.8. The Bertz CT molecular complexity index is 600. The Labute approximate surface area is 117 Å². The zero-order valence-electron chi connectivity index (χ0n) is 10.3. The molecule has 0 radical (unpaired) electrons. The quantitative estimate of drug-likeness (QED) is 0.878. The Hall–Kier alpha value is -1.83. The van der Waals surface area contributed by atoms with Crippen LogP contribution in [0.5, 0.6) is 0 Å². The average molecular weight is 307 g/mol. The second-order valence-corrected chi connectivity index (χ2v) is 4.17. The van der Waals surface area contributed by atoms with Crippen LogP contribution in [0.4, 0.5) is 19.0 Å². The van der Waals surface area contributed by atoms with Crippen LogP contribution in [0.3, 0.4) is 0 Å². The highest BCUT2D eigenvalue weighted by atomic mass is 35.5. The average Bonchev–Trinajstić information content (AvgIpc) is 2.82. The molecule has 0 unspecified atom stereocenters. The van der Waals surface area contributed by atoms with Crippen LogP contribution in [0.1, 0.15) is 24.3 Å². The standard InChI is InChI=1S/C11H10ClF3N4O/c1-2-6-4-17-9(20-6)5-16-8-3-7(11(13,14)15)18-10(12)19-8/h3-4H,2,5H2,1H3,(H,16,18,19). The van der Waals surface area contributed by atoms with Crippen LogP contribution in [0.2, 0.25) is 5.28 Å². The van der Waals surface area contributed by atoms with Gasteiger partial charge in [0.2, 0.25) is 11.2 Å². The molecule has 0 aliphatic carbocycles. The van der Waals surface area contributed by atoms with Crippen molar-refractivity contribution in [1.29, 1.82) is 0 Å². The minimum absolute atomic E-state index is 0.0476. The van der Waals surface area contributed by atoms with Crippen molar-refractivity contribution < 1.29 is 17.6 Å². The van der Waals surface area contributed by atoms with E-state index in [1.165, 1.54) is 0 Å². The lowest BCUT2D eigenvalue weighted by Gasteiger charge is -2.08. The Morgan fingerprint density at radius 2 is 2.10 bits per heavy atom. The van der Waals surface area contributed by atoms with E-state index in [0.29, 0.717) is 18.1 Å². The maximum atomic E-state index is 12.6. The highest BCUT2D eigenvalue weighted by molar-refractivity contribution is 6.28. The lowest BCUT2D eigenvalue weighted by Crippen LogP contribution is -2.11. The number of aromatic nitrogens is 3. The SMILES string of the molecule is CCc1cnc(CNc2cc(C(F)(F)F)nc(Cl)n2)o1. The van der Waals surface area contributed by atoms with Crippen LogP contribution in [0.25, 0.3) is 0 Å². The minimum atomic E-state index is -4.58. The molecule has 0 bridgehead atoms. The molecule has 20 heavy (non-hydrogen) atoms. The van der Waals surface area contributed by atoms with E-state index in [2.05, 4.69) is 20.3 Å². The Morgan fingerprint density at radius 3 is 2.70 bits per heavy atom. The molecule has 2 aromatic rings. The van der Waals surface area contributed by atoms with E-state index >= 15 is 0 Å². The van der Waals surface area contributed by atoms with Gasteiger partial charge in [0.15, 0.2) is 5.69 Å². The van der Waals surface area contributed by atoms with Gasteiger partial charge < -0.3 is 9.73 Å². The summed E-state index contributed by atoms with van der Waals surface area (Å²) in [6, 6.07) is 0.773. The van der Waals surface area contributed by atoms with Crippen molar-refractivity contribution in [3.63, 3.8) is 0 Å². The third kappa shape index (κ3) is 3.60. The number of rotatable bonds is 4. The summed E-state index contributed by atoms with van der Waals surface area (Å²) in [6.07, 6.45) is -2.34. The van der Waals surface area contributed by atoms with Crippen molar-refractivity contribution in [2.45, 2.75) is 26.1 Å². The van der Waals surface area contributed by atoms with Gasteiger partial charge in [-0.25, -0.2) is 15.0 Å². The molecule has 1 N–H and O–H groups in total. The largest absolute Gasteiger partial charge is 0.444 e. The third-order valence-electron chi connectivity index (χ3n) is 2.36. The van der Waals surface area contributed by atoms with Gasteiger partial charge in [0.25, 0.3) is 0 Å². The number of hydrogen-bond donors (Lipinski definition) is 1. The lowest BCUT2D eigenvalue weighted by molar-refractivity contribution is -0.141. The van der Waals surface area contributed by atoms with Crippen molar-refractivity contribution in [3.8, 4) is 0 Å². The first-order valence-corrected chi connectivity index (χ1v) is 6.05. The summed E-state index contributed by atoms with van der Waals surface area (Å²) in [6.45, 7) is 2.00. The Kier molecular flexibility index (Phi) is 4.12. The predicted molar refractivity (Wildman–Crippen MR) is 65.3 cm³/mol. The summed E-state index contributed by atoms with van der Waals surface area (Å²) in [5.74, 6) is 0.997. The Morgan fingerprint density at radius 1 is 1.35 bits per heavy atom. The van der Waals surface area contributed by atoms with E-state index in [0.717, 1.165) is 6.07 Å². The molecule has 0 saturated heterocycles. The fourth-order valence-corrected chi connectivity index (χ4v) is 1.60. The maximum absolute atomic E-state index is 12.6. The van der Waals surface area contributed by atoms with Gasteiger partial charge in [0, 0.05) is 12.5 Å². The van der Waals surface area contributed by atoms with E-state index in [4.69, 9.17) is 16.0 Å². The fourth-order valence-electron chi connectivity index (χ4n) is 1.41. The van der Waals surface area contributed by atoms with E-state index in [1.54, 1.807) is 6.20 Å². The monoisotopic (exact) mass is 306 g/mol. The third-order valence-corrected chi connectivity index (χ3v) is 2.53. The van der Waals surface area contributed by atoms with Crippen LogP contribution in [0.15, 0.2) is 16.7 Å². The first-order chi connectivity index (χ1) is 9.38. The maximum Gasteiger partial charge on any atom is 0.433 e. The molecule has 0 aliphatic rings. The van der Waals surface area contributed by atoms with Crippen molar-refractivity contribution >= 4 is 17.4 Å². The van der Waals surface area contributed by atoms with Gasteiger partial charge in [0.05, 0.1) is 12.7 Å². The fraction of sp³-hybridized carbons (Fsp3) is 0.364. The van der Waals surface area contributed by atoms with Crippen molar-refractivity contribution in [2.75, 3.05) is 5.32 Å². The number of halogens is 4. The van der Waals surface area contributed by atoms with E-state index in [9.17, 15) is 13.2 Å². The zero-order chi connectivity index (χ0) is 14.8. The Balaban J connectivity index is 2.11. The number of nitrogens with one attached hydrogen (secondary N) is 1. The lowest BCUT2D eigenvalue weighted by atomic mass is 10.4. The molecule has 108 valence electrons. The molecule has 5 nitrogen and oxygen atoms in total. The van der Waals surface area contributed by atoms with Crippen LogP contribution in [-0.2, 0) is 19.1 Å². The number of aryl methyl sites for hydroxylation is 1. The molecule has 0 spiro atoms. The van der Waals surface area contributed by atoms with Gasteiger partial charge >= 0.3 is 6.18 Å². The normalized spacial score (nSPS) is 11.7. The molecule has 0 amide bonds. The van der Waals surface area contributed by atoms with Crippen molar-refractivity contribution in [2.24, 2.45) is 0 Å². The minimum Gasteiger partial charge on any atom is -0.444 e. The topological polar surface area (TPSA) is 63.8 Å². The summed E-state index contributed by atoms with van der Waals surface area (Å²) in [5.41, 5.74) is -1.11. The molecule has 2 aromatic heterocycles. The van der Waals surface area contributed by atoms with E-state index in [-0.39, 0.29) is 12.4 Å². The molecule has 0 fully saturated rings. The molecular weight excluding hydrogens is 297 g/mol. The van der Waals surface area contributed by atoms with Crippen molar-refractivity contribution in [3.05, 3.63) is 34.9 Å². The molecule has 0 atom stereocenters. The van der Waals surface area contributed by atoms with E-state index in [1.807, 2.05) is 6.92 Å². The molecule has 0 aromatic carbocycles. The molecule has 9 heteroatoms. The first kappa shape index (κ1) is 14.6. The van der Waals surface area contributed by atoms with E-state index < -0.39 is 17.2 Å². The summed E-state index contributed by atoms with van der Waals surface area (Å²) in [5, 5.41) is 2.18. The highest BCUT2D eigenvalue weighted by Crippen LogP contribution is 2.29. The van der Waals surface area contributed by atoms with Gasteiger partial charge in [-0.1, -0.05) is 6.92 Å². The number of anilines is 1. The van der Waals surface area contributed by atoms with Gasteiger partial charge in [-0.3, -0.25) is 0 Å². The summed E-state index contributed by atoms with van der Waals surface area (Å²) < 4.78 is 43.0. The molecule has 0 aliphatic heterocycles. The van der Waals surface area contributed by atoms with Gasteiger partial charge in [-0.05, 0) is 11.6 Å². The van der Waals surface area contributed by atoms with Crippen molar-refractivity contribution in [1.82, 2.24) is 15.0 Å². The smallest absolute Gasteiger partial charge is 0.433 e. The van der Waals surface area contributed by atoms with Gasteiger partial charge in [-0.15, -0.1) is 0 Å². The highest BCUT2D eigenvalue weighted by Gasteiger charge is 2.33. The number of oxazole rings is 1. The molecular formula is C11H10ClF3N4O. The summed E-state index contributed by atoms with van der Waals surface area (Å²) in [7, 11) is 0. The van der Waals surface area contributed by atoms with Crippen LogP contribution in [0, 0.1) is 0 Å². The number of nitrogens with zero attached hydrogens (tertiary/aromatic N) is 3. The summed E-state index contributed by atoms with van der Waals surface area (Å²) >= 11 is 5.46. The second kappa shape index (κ2) is 5.66. The molecule has 0 saturated carbocycles. The second-order valence-electron chi connectivity index (χ2n) is 3.83. The number of hydrogen-bond acceptors (Lipinski definition) is 5. The van der Waals surface area contributed by atoms with Crippen LogP contribution < -0.4 is 5.32 Å². The van der Waals surface area contributed by atoms with Gasteiger partial charge in [0.1, 0.15) is 11.6 Å². The molecule has 2 heterocycles. The predicted octanol–water partition coefficient (Wildman–Crippen LogP) is 3.31. The van der Waals surface area contributed by atoms with Crippen LogP contribution >= 0.6 is 11.6 Å².